The van der Waals surface area contributed by atoms with Gasteiger partial charge in [0.25, 0.3) is 5.56 Å². The Kier molecular flexibility index (Phi) is 3.66. The molecule has 5 heteroatoms. The number of benzene rings is 2. The summed E-state index contributed by atoms with van der Waals surface area (Å²) in [4.78, 5) is 17.6. The van der Waals surface area contributed by atoms with E-state index < -0.39 is 0 Å². The van der Waals surface area contributed by atoms with Crippen molar-refractivity contribution >= 4 is 44.1 Å². The van der Waals surface area contributed by atoms with Crippen LogP contribution in [0, 0.1) is 11.3 Å². The fraction of sp³-hybridized carbons (Fsp3) is 0.136. The number of rotatable bonds is 2. The molecule has 27 heavy (non-hydrogen) atoms. The van der Waals surface area contributed by atoms with Gasteiger partial charge in [-0.3, -0.25) is 4.79 Å². The van der Waals surface area contributed by atoms with Crippen LogP contribution >= 0.6 is 11.3 Å². The number of aromatic nitrogens is 2. The van der Waals surface area contributed by atoms with E-state index in [9.17, 15) is 10.1 Å². The number of pyridine rings is 1. The predicted octanol–water partition coefficient (Wildman–Crippen LogP) is 4.62. The van der Waals surface area contributed by atoms with Crippen molar-refractivity contribution in [2.24, 2.45) is 0 Å². The third-order valence-electron chi connectivity index (χ3n) is 5.00. The second-order valence-corrected chi connectivity index (χ2v) is 7.70. The van der Waals surface area contributed by atoms with Gasteiger partial charge in [-0.2, -0.15) is 5.26 Å². The molecule has 0 N–H and O–H groups in total. The van der Waals surface area contributed by atoms with Gasteiger partial charge in [0, 0.05) is 12.1 Å². The van der Waals surface area contributed by atoms with Crippen molar-refractivity contribution in [2.75, 3.05) is 0 Å². The maximum absolute atomic E-state index is 13.0. The summed E-state index contributed by atoms with van der Waals surface area (Å²) in [5.74, 6) is 0. The Morgan fingerprint density at radius 3 is 2.96 bits per heavy atom. The molecule has 0 radical (unpaired) electrons. The van der Waals surface area contributed by atoms with Gasteiger partial charge in [0.15, 0.2) is 0 Å². The molecule has 1 aliphatic heterocycles. The Bertz CT molecular complexity index is 1300. The van der Waals surface area contributed by atoms with E-state index in [0.29, 0.717) is 16.1 Å². The zero-order chi connectivity index (χ0) is 18.4. The first-order valence-electron chi connectivity index (χ1n) is 8.88. The number of nitriles is 1. The van der Waals surface area contributed by atoms with Crippen LogP contribution in [-0.4, -0.2) is 9.55 Å². The molecule has 0 bridgehead atoms. The lowest BCUT2D eigenvalue weighted by Gasteiger charge is -2.19. The molecule has 4 nitrogen and oxygen atoms in total. The predicted molar refractivity (Wildman–Crippen MR) is 110 cm³/mol. The smallest absolute Gasteiger partial charge is 0.258 e. The van der Waals surface area contributed by atoms with Gasteiger partial charge in [-0.05, 0) is 48.1 Å². The fourth-order valence-electron chi connectivity index (χ4n) is 3.77. The van der Waals surface area contributed by atoms with Crippen LogP contribution in [0.4, 0.5) is 0 Å². The summed E-state index contributed by atoms with van der Waals surface area (Å²) in [5.41, 5.74) is 4.05. The molecule has 4 aromatic rings. The lowest BCUT2D eigenvalue weighted by atomic mass is 9.99. The molecule has 130 valence electrons. The molecule has 0 aliphatic carbocycles. The molecule has 3 heterocycles. The number of nitrogens with zero attached hydrogens (tertiary/aromatic N) is 3. The van der Waals surface area contributed by atoms with E-state index >= 15 is 0 Å². The number of hydrogen-bond donors (Lipinski definition) is 0. The van der Waals surface area contributed by atoms with E-state index in [1.54, 1.807) is 6.08 Å². The molecular formula is C22H15N3OS. The van der Waals surface area contributed by atoms with E-state index in [2.05, 4.69) is 17.1 Å². The number of thiazole rings is 1. The monoisotopic (exact) mass is 369 g/mol. The van der Waals surface area contributed by atoms with Crippen LogP contribution in [0.15, 0.2) is 53.3 Å². The Balaban J connectivity index is 1.72. The molecule has 1 aliphatic rings. The molecule has 2 aromatic heterocycles. The van der Waals surface area contributed by atoms with E-state index in [-0.39, 0.29) is 5.56 Å². The first-order valence-corrected chi connectivity index (χ1v) is 9.69. The average Bonchev–Trinajstić information content (AvgIpc) is 3.13. The third kappa shape index (κ3) is 2.57. The molecule has 0 saturated carbocycles. The highest BCUT2D eigenvalue weighted by Gasteiger charge is 2.16. The molecule has 5 rings (SSSR count). The van der Waals surface area contributed by atoms with Crippen LogP contribution in [-0.2, 0) is 13.0 Å². The van der Waals surface area contributed by atoms with Gasteiger partial charge in [0.05, 0.1) is 21.3 Å². The molecule has 0 fully saturated rings. The van der Waals surface area contributed by atoms with Gasteiger partial charge >= 0.3 is 0 Å². The number of aryl methyl sites for hydroxylation is 2. The minimum atomic E-state index is -0.0384. The zero-order valence-electron chi connectivity index (χ0n) is 14.5. The Morgan fingerprint density at radius 1 is 1.22 bits per heavy atom. The van der Waals surface area contributed by atoms with E-state index in [4.69, 9.17) is 0 Å². The molecule has 2 aromatic carbocycles. The fourth-order valence-corrected chi connectivity index (χ4v) is 4.71. The van der Waals surface area contributed by atoms with Crippen LogP contribution in [0.25, 0.3) is 32.8 Å². The summed E-state index contributed by atoms with van der Waals surface area (Å²) in [6.07, 6.45) is 3.65. The van der Waals surface area contributed by atoms with Gasteiger partial charge in [-0.1, -0.05) is 30.3 Å². The largest absolute Gasteiger partial charge is 0.307 e. The second-order valence-electron chi connectivity index (χ2n) is 6.67. The molecule has 0 unspecified atom stereocenters. The van der Waals surface area contributed by atoms with Crippen LogP contribution in [0.5, 0.6) is 0 Å². The lowest BCUT2D eigenvalue weighted by molar-refractivity contribution is 0.615. The average molecular weight is 369 g/mol. The number of hydrogen-bond acceptors (Lipinski definition) is 4. The number of allylic oxidation sites excluding steroid dienone is 1. The molecule has 0 spiro atoms. The highest BCUT2D eigenvalue weighted by atomic mass is 32.1. The van der Waals surface area contributed by atoms with Crippen LogP contribution in [0.2, 0.25) is 0 Å². The second kappa shape index (κ2) is 6.19. The zero-order valence-corrected chi connectivity index (χ0v) is 15.3. The van der Waals surface area contributed by atoms with E-state index in [0.717, 1.165) is 40.5 Å². The minimum Gasteiger partial charge on any atom is -0.307 e. The van der Waals surface area contributed by atoms with Crippen molar-refractivity contribution in [2.45, 2.75) is 19.4 Å². The van der Waals surface area contributed by atoms with Crippen molar-refractivity contribution < 1.29 is 0 Å². The van der Waals surface area contributed by atoms with Gasteiger partial charge < -0.3 is 4.57 Å². The van der Waals surface area contributed by atoms with Crippen molar-refractivity contribution in [3.63, 3.8) is 0 Å². The SMILES string of the molecule is N#C/C(=C\c1cc2cccc3c2n(c1=O)CCC3)c1nc2ccccc2s1. The lowest BCUT2D eigenvalue weighted by Crippen LogP contribution is -2.26. The van der Waals surface area contributed by atoms with Crippen LogP contribution in [0.3, 0.4) is 0 Å². The summed E-state index contributed by atoms with van der Waals surface area (Å²) < 4.78 is 2.89. The van der Waals surface area contributed by atoms with Gasteiger partial charge in [0.1, 0.15) is 11.1 Å². The summed E-state index contributed by atoms with van der Waals surface area (Å²) in [6, 6.07) is 18.1. The number of fused-ring (bicyclic) bond motifs is 1. The minimum absolute atomic E-state index is 0.0384. The van der Waals surface area contributed by atoms with Crippen molar-refractivity contribution in [1.82, 2.24) is 9.55 Å². The van der Waals surface area contributed by atoms with Crippen molar-refractivity contribution in [1.29, 1.82) is 5.26 Å². The highest BCUT2D eigenvalue weighted by molar-refractivity contribution is 7.19. The highest BCUT2D eigenvalue weighted by Crippen LogP contribution is 2.29. The molecular weight excluding hydrogens is 354 g/mol. The molecule has 0 saturated heterocycles. The standard InChI is InChI=1S/C22H15N3OS/c23-13-17(21-24-18-8-1-2-9-19(18)27-21)12-16-11-15-6-3-5-14-7-4-10-25(20(14)15)22(16)26/h1-3,5-6,8-9,11-12H,4,7,10H2/b17-12+. The quantitative estimate of drug-likeness (QED) is 0.484. The maximum Gasteiger partial charge on any atom is 0.258 e. The van der Waals surface area contributed by atoms with Gasteiger partial charge in [-0.15, -0.1) is 11.3 Å². The van der Waals surface area contributed by atoms with Gasteiger partial charge in [0.2, 0.25) is 0 Å². The van der Waals surface area contributed by atoms with Crippen molar-refractivity contribution in [3.8, 4) is 6.07 Å². The summed E-state index contributed by atoms with van der Waals surface area (Å²) in [5, 5.41) is 11.4. The van der Waals surface area contributed by atoms with E-state index in [1.165, 1.54) is 16.9 Å². The Hall–Kier alpha value is -3.23. The van der Waals surface area contributed by atoms with Gasteiger partial charge in [-0.25, -0.2) is 4.98 Å². The molecule has 0 amide bonds. The normalized spacial score (nSPS) is 13.8. The topological polar surface area (TPSA) is 58.7 Å². The molecule has 0 atom stereocenters. The third-order valence-corrected chi connectivity index (χ3v) is 6.07. The summed E-state index contributed by atoms with van der Waals surface area (Å²) in [6.45, 7) is 0.719. The van der Waals surface area contributed by atoms with Crippen molar-refractivity contribution in [3.05, 3.63) is 75.0 Å². The first kappa shape index (κ1) is 16.0. The number of para-hydroxylation sites is 2. The maximum atomic E-state index is 13.0. The first-order chi connectivity index (χ1) is 13.2. The Morgan fingerprint density at radius 2 is 2.11 bits per heavy atom. The Labute approximate surface area is 159 Å². The van der Waals surface area contributed by atoms with Crippen LogP contribution < -0.4 is 5.56 Å². The summed E-state index contributed by atoms with van der Waals surface area (Å²) >= 11 is 1.47. The van der Waals surface area contributed by atoms with Crippen LogP contribution in [0.1, 0.15) is 22.6 Å². The van der Waals surface area contributed by atoms with E-state index in [1.807, 2.05) is 47.0 Å². The summed E-state index contributed by atoms with van der Waals surface area (Å²) in [7, 11) is 0.